The number of hydrogen-bond acceptors (Lipinski definition) is 7. The zero-order chi connectivity index (χ0) is 17.5. The summed E-state index contributed by atoms with van der Waals surface area (Å²) in [6.07, 6.45) is -0.244. The predicted molar refractivity (Wildman–Crippen MR) is 82.2 cm³/mol. The molecule has 1 aromatic rings. The fourth-order valence-corrected chi connectivity index (χ4v) is 2.36. The molecule has 0 saturated heterocycles. The van der Waals surface area contributed by atoms with Crippen molar-refractivity contribution in [2.75, 3.05) is 14.2 Å². The number of carbonyl (C=O) groups excluding carboxylic acids is 2. The lowest BCUT2D eigenvalue weighted by Gasteiger charge is -2.07. The number of carbonyl (C=O) groups is 2. The quantitative estimate of drug-likeness (QED) is 0.445. The molecular weight excluding hydrogens is 324 g/mol. The Bertz CT molecular complexity index is 694. The number of hydrogen-bond donors (Lipinski definition) is 1. The average molecular weight is 342 g/mol. The Morgan fingerprint density at radius 2 is 1.70 bits per heavy atom. The molecule has 0 bridgehead atoms. The van der Waals surface area contributed by atoms with E-state index in [1.54, 1.807) is 12.1 Å². The van der Waals surface area contributed by atoms with Crippen molar-refractivity contribution in [3.63, 3.8) is 0 Å². The molecule has 0 amide bonds. The van der Waals surface area contributed by atoms with E-state index in [1.165, 1.54) is 19.2 Å². The first-order valence-electron chi connectivity index (χ1n) is 6.60. The lowest BCUT2D eigenvalue weighted by molar-refractivity contribution is -0.140. The molecule has 0 heterocycles. The first-order chi connectivity index (χ1) is 10.8. The summed E-state index contributed by atoms with van der Waals surface area (Å²) in [5.41, 5.74) is 0.675. The third-order valence-corrected chi connectivity index (χ3v) is 4.07. The molecule has 1 N–H and O–H groups in total. The minimum Gasteiger partial charge on any atom is -0.469 e. The summed E-state index contributed by atoms with van der Waals surface area (Å²) in [6.45, 7) is 1.82. The largest absolute Gasteiger partial charge is 0.469 e. The van der Waals surface area contributed by atoms with Crippen LogP contribution in [0.1, 0.15) is 18.4 Å². The van der Waals surface area contributed by atoms with Gasteiger partial charge in [0.25, 0.3) is 10.0 Å². The summed E-state index contributed by atoms with van der Waals surface area (Å²) in [4.78, 5) is 24.6. The standard InChI is InChI=1S/C14H18N2O6S/c1-10-4-6-11(7-5-10)23(19,20)16-15-12(14(18)22-3)8-9-13(17)21-2/h4-7,16H,8-9H2,1-3H3/b15-12-. The van der Waals surface area contributed by atoms with Gasteiger partial charge in [0.1, 0.15) is 5.71 Å². The summed E-state index contributed by atoms with van der Waals surface area (Å²) in [5.74, 6) is -1.39. The molecule has 0 atom stereocenters. The molecule has 8 nitrogen and oxygen atoms in total. The molecule has 0 unspecified atom stereocenters. The molecule has 0 radical (unpaired) electrons. The summed E-state index contributed by atoms with van der Waals surface area (Å²) >= 11 is 0. The number of esters is 2. The summed E-state index contributed by atoms with van der Waals surface area (Å²) in [5, 5.41) is 3.57. The molecule has 126 valence electrons. The van der Waals surface area contributed by atoms with Crippen molar-refractivity contribution in [2.24, 2.45) is 5.10 Å². The number of rotatable bonds is 7. The van der Waals surface area contributed by atoms with Crippen LogP contribution in [0.2, 0.25) is 0 Å². The van der Waals surface area contributed by atoms with Gasteiger partial charge in [0.2, 0.25) is 0 Å². The van der Waals surface area contributed by atoms with E-state index >= 15 is 0 Å². The number of ether oxygens (including phenoxy) is 2. The van der Waals surface area contributed by atoms with Crippen LogP contribution < -0.4 is 4.83 Å². The highest BCUT2D eigenvalue weighted by atomic mass is 32.2. The molecule has 0 saturated carbocycles. The van der Waals surface area contributed by atoms with E-state index in [2.05, 4.69) is 14.6 Å². The molecule has 0 fully saturated rings. The minimum absolute atomic E-state index is 0.00373. The van der Waals surface area contributed by atoms with Crippen molar-refractivity contribution in [1.82, 2.24) is 4.83 Å². The molecule has 23 heavy (non-hydrogen) atoms. The van der Waals surface area contributed by atoms with Crippen LogP contribution in [0.15, 0.2) is 34.3 Å². The number of hydrazone groups is 1. The van der Waals surface area contributed by atoms with Crippen LogP contribution in [0.25, 0.3) is 0 Å². The lowest BCUT2D eigenvalue weighted by atomic mass is 10.2. The third kappa shape index (κ3) is 5.70. The van der Waals surface area contributed by atoms with Gasteiger partial charge in [-0.1, -0.05) is 17.7 Å². The van der Waals surface area contributed by atoms with Gasteiger partial charge in [-0.2, -0.15) is 18.4 Å². The zero-order valence-electron chi connectivity index (χ0n) is 13.0. The molecule has 9 heteroatoms. The van der Waals surface area contributed by atoms with Crippen LogP contribution in [0.4, 0.5) is 0 Å². The minimum atomic E-state index is -3.92. The van der Waals surface area contributed by atoms with Gasteiger partial charge in [0.15, 0.2) is 0 Å². The second kappa shape index (κ2) is 8.28. The number of methoxy groups -OCH3 is 2. The van der Waals surface area contributed by atoms with Crippen LogP contribution >= 0.6 is 0 Å². The molecule has 0 aliphatic rings. The van der Waals surface area contributed by atoms with E-state index in [1.807, 2.05) is 11.8 Å². The fourth-order valence-electron chi connectivity index (χ4n) is 1.53. The molecule has 0 aliphatic heterocycles. The first-order valence-corrected chi connectivity index (χ1v) is 8.08. The van der Waals surface area contributed by atoms with Crippen LogP contribution in [0.3, 0.4) is 0 Å². The molecule has 0 spiro atoms. The van der Waals surface area contributed by atoms with Gasteiger partial charge >= 0.3 is 11.9 Å². The Morgan fingerprint density at radius 3 is 2.22 bits per heavy atom. The Morgan fingerprint density at radius 1 is 1.09 bits per heavy atom. The molecular formula is C14H18N2O6S. The average Bonchev–Trinajstić information content (AvgIpc) is 2.54. The summed E-state index contributed by atoms with van der Waals surface area (Å²) in [7, 11) is -1.58. The maximum atomic E-state index is 12.1. The number of sulfonamides is 1. The van der Waals surface area contributed by atoms with Crippen molar-refractivity contribution in [1.29, 1.82) is 0 Å². The highest BCUT2D eigenvalue weighted by Crippen LogP contribution is 2.10. The SMILES string of the molecule is COC(=O)CC/C(=N/NS(=O)(=O)c1ccc(C)cc1)C(=O)OC. The Balaban J connectivity index is 2.92. The van der Waals surface area contributed by atoms with Crippen molar-refractivity contribution < 1.29 is 27.5 Å². The monoisotopic (exact) mass is 342 g/mol. The first kappa shape index (κ1) is 18.6. The summed E-state index contributed by atoms with van der Waals surface area (Å²) in [6, 6.07) is 6.10. The Kier molecular flexibility index (Phi) is 6.70. The smallest absolute Gasteiger partial charge is 0.354 e. The molecule has 1 rings (SSSR count). The van der Waals surface area contributed by atoms with E-state index in [0.29, 0.717) is 0 Å². The van der Waals surface area contributed by atoms with E-state index in [0.717, 1.165) is 12.7 Å². The van der Waals surface area contributed by atoms with Crippen LogP contribution in [-0.2, 0) is 29.1 Å². The topological polar surface area (TPSA) is 111 Å². The number of nitrogens with one attached hydrogen (secondary N) is 1. The van der Waals surface area contributed by atoms with E-state index < -0.39 is 22.0 Å². The van der Waals surface area contributed by atoms with Crippen LogP contribution in [-0.4, -0.2) is 40.3 Å². The maximum absolute atomic E-state index is 12.1. The zero-order valence-corrected chi connectivity index (χ0v) is 13.8. The van der Waals surface area contributed by atoms with E-state index in [9.17, 15) is 18.0 Å². The van der Waals surface area contributed by atoms with Crippen molar-refractivity contribution in [3.05, 3.63) is 29.8 Å². The van der Waals surface area contributed by atoms with E-state index in [4.69, 9.17) is 0 Å². The number of benzene rings is 1. The second-order valence-electron chi connectivity index (χ2n) is 4.53. The second-order valence-corrected chi connectivity index (χ2v) is 6.19. The highest BCUT2D eigenvalue weighted by molar-refractivity contribution is 7.89. The maximum Gasteiger partial charge on any atom is 0.354 e. The van der Waals surface area contributed by atoms with Crippen molar-refractivity contribution in [3.8, 4) is 0 Å². The molecule has 1 aromatic carbocycles. The normalized spacial score (nSPS) is 11.7. The van der Waals surface area contributed by atoms with Gasteiger partial charge in [0, 0.05) is 6.42 Å². The van der Waals surface area contributed by atoms with Crippen molar-refractivity contribution in [2.45, 2.75) is 24.7 Å². The summed E-state index contributed by atoms with van der Waals surface area (Å²) < 4.78 is 33.1. The number of aryl methyl sites for hydroxylation is 1. The van der Waals surface area contributed by atoms with Gasteiger partial charge in [-0.25, -0.2) is 4.79 Å². The molecule has 0 aliphatic carbocycles. The van der Waals surface area contributed by atoms with Gasteiger partial charge in [-0.15, -0.1) is 0 Å². The van der Waals surface area contributed by atoms with Gasteiger partial charge in [0.05, 0.1) is 25.5 Å². The fraction of sp³-hybridized carbons (Fsp3) is 0.357. The number of nitrogens with zero attached hydrogens (tertiary/aromatic N) is 1. The molecule has 0 aromatic heterocycles. The van der Waals surface area contributed by atoms with Crippen LogP contribution in [0, 0.1) is 6.92 Å². The highest BCUT2D eigenvalue weighted by Gasteiger charge is 2.17. The van der Waals surface area contributed by atoms with Gasteiger partial charge < -0.3 is 9.47 Å². The Labute approximate surface area is 134 Å². The van der Waals surface area contributed by atoms with Crippen LogP contribution in [0.5, 0.6) is 0 Å². The predicted octanol–water partition coefficient (Wildman–Crippen LogP) is 0.756. The lowest BCUT2D eigenvalue weighted by Crippen LogP contribution is -2.25. The Hall–Kier alpha value is -2.42. The van der Waals surface area contributed by atoms with Crippen molar-refractivity contribution >= 4 is 27.7 Å². The third-order valence-electron chi connectivity index (χ3n) is 2.85. The van der Waals surface area contributed by atoms with Gasteiger partial charge in [-0.05, 0) is 19.1 Å². The van der Waals surface area contributed by atoms with E-state index in [-0.39, 0.29) is 23.4 Å². The van der Waals surface area contributed by atoms with Gasteiger partial charge in [-0.3, -0.25) is 4.79 Å².